The Hall–Kier alpha value is -1.24. The van der Waals surface area contributed by atoms with Crippen molar-refractivity contribution in [2.45, 2.75) is 18.9 Å². The molecular formula is C17H27N5O. The van der Waals surface area contributed by atoms with Crippen LogP contribution in [-0.4, -0.2) is 84.8 Å². The molecule has 0 radical (unpaired) electrons. The van der Waals surface area contributed by atoms with Crippen LogP contribution in [0.2, 0.25) is 0 Å². The van der Waals surface area contributed by atoms with E-state index in [9.17, 15) is 0 Å². The van der Waals surface area contributed by atoms with Gasteiger partial charge in [0, 0.05) is 77.5 Å². The molecule has 6 heteroatoms. The molecule has 1 aromatic heterocycles. The van der Waals surface area contributed by atoms with E-state index in [1.165, 1.54) is 32.5 Å². The number of aromatic nitrogens is 2. The van der Waals surface area contributed by atoms with Gasteiger partial charge in [0.25, 0.3) is 0 Å². The average Bonchev–Trinajstić information content (AvgIpc) is 2.60. The van der Waals surface area contributed by atoms with Gasteiger partial charge in [-0.15, -0.1) is 0 Å². The number of nitrogens with zero attached hydrogens (tertiary/aromatic N) is 5. The van der Waals surface area contributed by atoms with Crippen LogP contribution in [-0.2, 0) is 4.74 Å². The maximum absolute atomic E-state index is 5.45. The topological polar surface area (TPSA) is 44.7 Å². The highest BCUT2D eigenvalue weighted by atomic mass is 16.5. The summed E-state index contributed by atoms with van der Waals surface area (Å²) in [5, 5.41) is 0. The summed E-state index contributed by atoms with van der Waals surface area (Å²) in [6.07, 6.45) is 6.15. The Bertz CT molecular complexity index is 479. The van der Waals surface area contributed by atoms with Crippen LogP contribution in [0, 0.1) is 5.92 Å². The summed E-state index contributed by atoms with van der Waals surface area (Å²) in [5.74, 6) is 1.73. The zero-order valence-electron chi connectivity index (χ0n) is 13.8. The van der Waals surface area contributed by atoms with E-state index in [1.807, 2.05) is 18.5 Å². The second kappa shape index (κ2) is 7.11. The zero-order chi connectivity index (χ0) is 15.5. The molecule has 23 heavy (non-hydrogen) atoms. The molecule has 3 saturated heterocycles. The monoisotopic (exact) mass is 317 g/mol. The maximum Gasteiger partial charge on any atom is 0.225 e. The van der Waals surface area contributed by atoms with Gasteiger partial charge in [-0.25, -0.2) is 9.97 Å². The van der Waals surface area contributed by atoms with Crippen molar-refractivity contribution in [2.75, 3.05) is 63.9 Å². The molecule has 4 rings (SSSR count). The third kappa shape index (κ3) is 3.65. The van der Waals surface area contributed by atoms with Gasteiger partial charge in [-0.1, -0.05) is 0 Å². The van der Waals surface area contributed by atoms with E-state index < -0.39 is 0 Å². The molecule has 0 aliphatic carbocycles. The SMILES string of the molecule is c1cnc(N2CCN(C3CN(CC4CCOCC4)C3)CC2)nc1. The minimum absolute atomic E-state index is 0.758. The Morgan fingerprint density at radius 2 is 1.70 bits per heavy atom. The smallest absolute Gasteiger partial charge is 0.225 e. The van der Waals surface area contributed by atoms with Gasteiger partial charge in [0.15, 0.2) is 0 Å². The van der Waals surface area contributed by atoms with Crippen LogP contribution in [0.4, 0.5) is 5.95 Å². The molecular weight excluding hydrogens is 290 g/mol. The number of hydrogen-bond donors (Lipinski definition) is 0. The first-order valence-electron chi connectivity index (χ1n) is 8.94. The van der Waals surface area contributed by atoms with Crippen molar-refractivity contribution < 1.29 is 4.74 Å². The Morgan fingerprint density at radius 3 is 2.39 bits per heavy atom. The van der Waals surface area contributed by atoms with Gasteiger partial charge in [-0.3, -0.25) is 9.80 Å². The van der Waals surface area contributed by atoms with Gasteiger partial charge in [0.05, 0.1) is 0 Å². The molecule has 0 aromatic carbocycles. The van der Waals surface area contributed by atoms with Crippen molar-refractivity contribution in [3.05, 3.63) is 18.5 Å². The lowest BCUT2D eigenvalue weighted by molar-refractivity contribution is -0.000842. The van der Waals surface area contributed by atoms with Gasteiger partial charge in [-0.05, 0) is 24.8 Å². The summed E-state index contributed by atoms with van der Waals surface area (Å²) in [6.45, 7) is 10.1. The number of piperazine rings is 1. The predicted octanol–water partition coefficient (Wildman–Crippen LogP) is 0.709. The second-order valence-corrected chi connectivity index (χ2v) is 7.00. The van der Waals surface area contributed by atoms with Crippen LogP contribution in [0.25, 0.3) is 0 Å². The highest BCUT2D eigenvalue weighted by Crippen LogP contribution is 2.22. The molecule has 0 N–H and O–H groups in total. The highest BCUT2D eigenvalue weighted by molar-refractivity contribution is 5.29. The molecule has 3 aliphatic heterocycles. The number of ether oxygens (including phenoxy) is 1. The molecule has 0 spiro atoms. The molecule has 6 nitrogen and oxygen atoms in total. The minimum Gasteiger partial charge on any atom is -0.381 e. The average molecular weight is 317 g/mol. The van der Waals surface area contributed by atoms with Crippen LogP contribution in [0.5, 0.6) is 0 Å². The Labute approximate surface area is 138 Å². The van der Waals surface area contributed by atoms with E-state index >= 15 is 0 Å². The number of hydrogen-bond acceptors (Lipinski definition) is 6. The standard InChI is InChI=1S/C17H27N5O/c1-4-18-17(19-5-1)22-8-6-21(7-9-22)16-13-20(14-16)12-15-2-10-23-11-3-15/h1,4-5,15-16H,2-3,6-14H2. The van der Waals surface area contributed by atoms with Gasteiger partial charge < -0.3 is 9.64 Å². The summed E-state index contributed by atoms with van der Waals surface area (Å²) < 4.78 is 5.45. The van der Waals surface area contributed by atoms with Crippen molar-refractivity contribution in [3.8, 4) is 0 Å². The number of anilines is 1. The number of rotatable bonds is 4. The lowest BCUT2D eigenvalue weighted by Crippen LogP contribution is -2.63. The Balaban J connectivity index is 1.19. The maximum atomic E-state index is 5.45. The van der Waals surface area contributed by atoms with Crippen molar-refractivity contribution in [1.29, 1.82) is 0 Å². The second-order valence-electron chi connectivity index (χ2n) is 7.00. The van der Waals surface area contributed by atoms with Gasteiger partial charge in [0.2, 0.25) is 5.95 Å². The lowest BCUT2D eigenvalue weighted by atomic mass is 9.96. The van der Waals surface area contributed by atoms with E-state index in [4.69, 9.17) is 4.74 Å². The molecule has 0 atom stereocenters. The number of likely N-dealkylation sites (tertiary alicyclic amines) is 1. The van der Waals surface area contributed by atoms with Crippen molar-refractivity contribution in [1.82, 2.24) is 19.8 Å². The molecule has 4 heterocycles. The third-order valence-electron chi connectivity index (χ3n) is 5.46. The molecule has 0 bridgehead atoms. The fourth-order valence-corrected chi connectivity index (χ4v) is 3.96. The van der Waals surface area contributed by atoms with Crippen LogP contribution >= 0.6 is 0 Å². The van der Waals surface area contributed by atoms with Gasteiger partial charge in [-0.2, -0.15) is 0 Å². The Morgan fingerprint density at radius 1 is 1.00 bits per heavy atom. The minimum atomic E-state index is 0.758. The molecule has 126 valence electrons. The lowest BCUT2D eigenvalue weighted by Gasteiger charge is -2.49. The summed E-state index contributed by atoms with van der Waals surface area (Å²) in [6, 6.07) is 2.63. The first-order valence-corrected chi connectivity index (χ1v) is 8.94. The molecule has 1 aromatic rings. The summed E-state index contributed by atoms with van der Waals surface area (Å²) >= 11 is 0. The van der Waals surface area contributed by atoms with Crippen molar-refractivity contribution >= 4 is 5.95 Å². The van der Waals surface area contributed by atoms with Crippen LogP contribution < -0.4 is 4.90 Å². The first kappa shape index (κ1) is 15.3. The van der Waals surface area contributed by atoms with Gasteiger partial charge >= 0.3 is 0 Å². The fraction of sp³-hybridized carbons (Fsp3) is 0.765. The van der Waals surface area contributed by atoms with E-state index in [1.54, 1.807) is 0 Å². The molecule has 3 fully saturated rings. The largest absolute Gasteiger partial charge is 0.381 e. The van der Waals surface area contributed by atoms with E-state index in [-0.39, 0.29) is 0 Å². The fourth-order valence-electron chi connectivity index (χ4n) is 3.96. The van der Waals surface area contributed by atoms with E-state index in [2.05, 4.69) is 24.7 Å². The zero-order valence-corrected chi connectivity index (χ0v) is 13.8. The molecule has 3 aliphatic rings. The van der Waals surface area contributed by atoms with Crippen LogP contribution in [0.3, 0.4) is 0 Å². The first-order chi connectivity index (χ1) is 11.4. The van der Waals surface area contributed by atoms with Crippen LogP contribution in [0.1, 0.15) is 12.8 Å². The molecule has 0 saturated carbocycles. The third-order valence-corrected chi connectivity index (χ3v) is 5.46. The van der Waals surface area contributed by atoms with Gasteiger partial charge in [0.1, 0.15) is 0 Å². The Kier molecular flexibility index (Phi) is 4.73. The predicted molar refractivity (Wildman–Crippen MR) is 89.6 cm³/mol. The van der Waals surface area contributed by atoms with E-state index in [0.717, 1.165) is 57.3 Å². The van der Waals surface area contributed by atoms with Crippen molar-refractivity contribution in [3.63, 3.8) is 0 Å². The molecule has 0 unspecified atom stereocenters. The quantitative estimate of drug-likeness (QED) is 0.815. The highest BCUT2D eigenvalue weighted by Gasteiger charge is 2.34. The van der Waals surface area contributed by atoms with Crippen molar-refractivity contribution in [2.24, 2.45) is 5.92 Å². The molecule has 0 amide bonds. The summed E-state index contributed by atoms with van der Waals surface area (Å²) in [4.78, 5) is 16.3. The summed E-state index contributed by atoms with van der Waals surface area (Å²) in [5.41, 5.74) is 0. The normalized spacial score (nSPS) is 25.5. The van der Waals surface area contributed by atoms with Crippen LogP contribution in [0.15, 0.2) is 18.5 Å². The summed E-state index contributed by atoms with van der Waals surface area (Å²) in [7, 11) is 0. The van der Waals surface area contributed by atoms with E-state index in [0.29, 0.717) is 0 Å².